The van der Waals surface area contributed by atoms with Crippen molar-refractivity contribution in [3.63, 3.8) is 0 Å². The molecule has 1 aromatic rings. The van der Waals surface area contributed by atoms with Crippen molar-refractivity contribution in [1.29, 1.82) is 0 Å². The molecule has 3 atom stereocenters. The van der Waals surface area contributed by atoms with Gasteiger partial charge in [-0.15, -0.1) is 0 Å². The summed E-state index contributed by atoms with van der Waals surface area (Å²) in [4.78, 5) is 0. The van der Waals surface area contributed by atoms with Crippen LogP contribution in [0.3, 0.4) is 0 Å². The van der Waals surface area contributed by atoms with Gasteiger partial charge >= 0.3 is 0 Å². The average molecular weight is 244 g/mol. The van der Waals surface area contributed by atoms with E-state index in [1.54, 1.807) is 0 Å². The molecule has 2 unspecified atom stereocenters. The fourth-order valence-electron chi connectivity index (χ4n) is 4.46. The molecule has 98 valence electrons. The summed E-state index contributed by atoms with van der Waals surface area (Å²) in [6.45, 7) is 6.81. The first-order valence-electron chi connectivity index (χ1n) is 7.17. The van der Waals surface area contributed by atoms with Gasteiger partial charge in [0.05, 0.1) is 5.60 Å². The number of hydrogen-bond donors (Lipinski definition) is 1. The molecule has 0 spiro atoms. The Morgan fingerprint density at radius 3 is 2.50 bits per heavy atom. The van der Waals surface area contributed by atoms with Crippen molar-refractivity contribution in [3.8, 4) is 0 Å². The lowest BCUT2D eigenvalue weighted by molar-refractivity contribution is -0.0761. The third kappa shape index (κ3) is 1.56. The molecule has 1 saturated carbocycles. The van der Waals surface area contributed by atoms with Gasteiger partial charge in [-0.3, -0.25) is 0 Å². The third-order valence-corrected chi connectivity index (χ3v) is 5.82. The lowest BCUT2D eigenvalue weighted by Crippen LogP contribution is -2.54. The third-order valence-electron chi connectivity index (χ3n) is 5.82. The van der Waals surface area contributed by atoms with Gasteiger partial charge in [-0.05, 0) is 61.0 Å². The van der Waals surface area contributed by atoms with E-state index in [1.165, 1.54) is 24.0 Å². The van der Waals surface area contributed by atoms with E-state index in [-0.39, 0.29) is 10.8 Å². The minimum Gasteiger partial charge on any atom is -0.390 e. The zero-order valence-electron chi connectivity index (χ0n) is 11.8. The van der Waals surface area contributed by atoms with E-state index in [0.717, 1.165) is 19.3 Å². The smallest absolute Gasteiger partial charge is 0.0625 e. The number of aryl methyl sites for hydroxylation is 1. The second-order valence-corrected chi connectivity index (χ2v) is 7.22. The Hall–Kier alpha value is -0.820. The summed E-state index contributed by atoms with van der Waals surface area (Å²) < 4.78 is 0. The minimum absolute atomic E-state index is 0.239. The Morgan fingerprint density at radius 1 is 1.00 bits per heavy atom. The van der Waals surface area contributed by atoms with Crippen LogP contribution in [-0.2, 0) is 11.8 Å². The maximum atomic E-state index is 10.4. The molecule has 1 nitrogen and oxygen atoms in total. The van der Waals surface area contributed by atoms with Gasteiger partial charge in [-0.1, -0.05) is 38.1 Å². The first-order chi connectivity index (χ1) is 8.36. The molecule has 0 aromatic heterocycles. The van der Waals surface area contributed by atoms with Gasteiger partial charge in [-0.25, -0.2) is 0 Å². The van der Waals surface area contributed by atoms with Gasteiger partial charge < -0.3 is 5.11 Å². The summed E-state index contributed by atoms with van der Waals surface area (Å²) in [5, 5.41) is 10.4. The van der Waals surface area contributed by atoms with Crippen molar-refractivity contribution in [1.82, 2.24) is 0 Å². The predicted octanol–water partition coefficient (Wildman–Crippen LogP) is 3.83. The molecule has 1 heteroatoms. The highest BCUT2D eigenvalue weighted by Crippen LogP contribution is 2.59. The number of hydrogen-bond acceptors (Lipinski definition) is 1. The fraction of sp³-hybridized carbons (Fsp3) is 0.647. The molecule has 1 N–H and O–H groups in total. The van der Waals surface area contributed by atoms with Crippen molar-refractivity contribution in [3.05, 3.63) is 35.4 Å². The molecule has 0 heterocycles. The van der Waals surface area contributed by atoms with Crippen LogP contribution in [0.5, 0.6) is 0 Å². The molecule has 3 rings (SSSR count). The molecule has 2 aliphatic rings. The van der Waals surface area contributed by atoms with Crippen LogP contribution in [0.2, 0.25) is 0 Å². The molecule has 0 radical (unpaired) electrons. The van der Waals surface area contributed by atoms with Gasteiger partial charge in [0.1, 0.15) is 0 Å². The van der Waals surface area contributed by atoms with Gasteiger partial charge in [0.2, 0.25) is 0 Å². The maximum Gasteiger partial charge on any atom is 0.0625 e. The highest BCUT2D eigenvalue weighted by atomic mass is 16.3. The molecule has 1 fully saturated rings. The second-order valence-electron chi connectivity index (χ2n) is 7.22. The van der Waals surface area contributed by atoms with E-state index >= 15 is 0 Å². The van der Waals surface area contributed by atoms with Crippen molar-refractivity contribution in [2.45, 2.75) is 63.9 Å². The highest BCUT2D eigenvalue weighted by molar-refractivity contribution is 5.40. The summed E-state index contributed by atoms with van der Waals surface area (Å²) >= 11 is 0. The van der Waals surface area contributed by atoms with Crippen LogP contribution >= 0.6 is 0 Å². The summed E-state index contributed by atoms with van der Waals surface area (Å²) in [6.07, 6.45) is 5.33. The molecule has 18 heavy (non-hydrogen) atoms. The summed E-state index contributed by atoms with van der Waals surface area (Å²) in [5.41, 5.74) is 3.07. The van der Waals surface area contributed by atoms with Crippen molar-refractivity contribution in [2.24, 2.45) is 5.41 Å². The average Bonchev–Trinajstić information content (AvgIpc) is 2.31. The summed E-state index contributed by atoms with van der Waals surface area (Å²) in [7, 11) is 0. The zero-order chi connectivity index (χ0) is 13.0. The number of aliphatic hydroxyl groups is 1. The first-order valence-corrected chi connectivity index (χ1v) is 7.17. The van der Waals surface area contributed by atoms with E-state index in [4.69, 9.17) is 0 Å². The largest absolute Gasteiger partial charge is 0.390 e. The number of benzene rings is 1. The Labute approximate surface area is 110 Å². The molecular formula is C17H24O. The normalized spacial score (nSPS) is 43.1. The van der Waals surface area contributed by atoms with E-state index in [0.29, 0.717) is 0 Å². The number of rotatable bonds is 0. The van der Waals surface area contributed by atoms with Gasteiger partial charge in [0, 0.05) is 0 Å². The molecule has 0 bridgehead atoms. The van der Waals surface area contributed by atoms with Crippen LogP contribution in [0, 0.1) is 5.41 Å². The van der Waals surface area contributed by atoms with Crippen molar-refractivity contribution >= 4 is 0 Å². The lowest BCUT2D eigenvalue weighted by atomic mass is 9.48. The lowest BCUT2D eigenvalue weighted by Gasteiger charge is -2.57. The molecule has 0 amide bonds. The van der Waals surface area contributed by atoms with Crippen LogP contribution < -0.4 is 0 Å². The van der Waals surface area contributed by atoms with Crippen LogP contribution in [0.1, 0.15) is 57.6 Å². The summed E-state index contributed by atoms with van der Waals surface area (Å²) in [6, 6.07) is 8.92. The van der Waals surface area contributed by atoms with E-state index in [1.807, 2.05) is 6.92 Å². The highest BCUT2D eigenvalue weighted by Gasteiger charge is 2.54. The molecule has 1 aromatic carbocycles. The minimum atomic E-state index is -0.472. The zero-order valence-corrected chi connectivity index (χ0v) is 11.8. The molecule has 2 aliphatic carbocycles. The van der Waals surface area contributed by atoms with Crippen LogP contribution in [0.4, 0.5) is 0 Å². The van der Waals surface area contributed by atoms with Crippen LogP contribution in [0.15, 0.2) is 24.3 Å². The fourth-order valence-corrected chi connectivity index (χ4v) is 4.46. The Balaban J connectivity index is 2.10. The Kier molecular flexibility index (Phi) is 2.45. The molecular weight excluding hydrogens is 220 g/mol. The van der Waals surface area contributed by atoms with Crippen LogP contribution in [-0.4, -0.2) is 10.7 Å². The second kappa shape index (κ2) is 3.60. The van der Waals surface area contributed by atoms with E-state index in [2.05, 4.69) is 38.1 Å². The van der Waals surface area contributed by atoms with Crippen LogP contribution in [0.25, 0.3) is 0 Å². The Bertz CT molecular complexity index is 476. The molecule has 0 aliphatic heterocycles. The SMILES string of the molecule is CC12CCc3ccccc3C1(C)CC[C@](C)(O)C2. The monoisotopic (exact) mass is 244 g/mol. The van der Waals surface area contributed by atoms with E-state index < -0.39 is 5.60 Å². The van der Waals surface area contributed by atoms with Gasteiger partial charge in [0.15, 0.2) is 0 Å². The Morgan fingerprint density at radius 2 is 1.72 bits per heavy atom. The first kappa shape index (κ1) is 12.2. The van der Waals surface area contributed by atoms with Crippen molar-refractivity contribution in [2.75, 3.05) is 0 Å². The standard InChI is InChI=1S/C17H24O/c1-15-9-8-13-6-4-5-7-14(13)17(15,3)11-10-16(2,18)12-15/h4-7,18H,8-12H2,1-3H3/t15?,16-,17?/m0/s1. The number of fused-ring (bicyclic) bond motifs is 3. The summed E-state index contributed by atoms with van der Waals surface area (Å²) in [5.74, 6) is 0. The quantitative estimate of drug-likeness (QED) is 0.735. The maximum absolute atomic E-state index is 10.4. The van der Waals surface area contributed by atoms with E-state index in [9.17, 15) is 5.11 Å². The topological polar surface area (TPSA) is 20.2 Å². The van der Waals surface area contributed by atoms with Crippen molar-refractivity contribution < 1.29 is 5.11 Å². The predicted molar refractivity (Wildman–Crippen MR) is 74.7 cm³/mol. The van der Waals surface area contributed by atoms with Gasteiger partial charge in [-0.2, -0.15) is 0 Å². The molecule has 0 saturated heterocycles. The van der Waals surface area contributed by atoms with Gasteiger partial charge in [0.25, 0.3) is 0 Å².